The van der Waals surface area contributed by atoms with Crippen molar-refractivity contribution in [3.63, 3.8) is 0 Å². The van der Waals surface area contributed by atoms with Gasteiger partial charge in [-0.05, 0) is 43.2 Å². The van der Waals surface area contributed by atoms with Crippen molar-refractivity contribution in [1.82, 2.24) is 9.29 Å². The Morgan fingerprint density at radius 2 is 1.86 bits per heavy atom. The molecule has 3 aromatic rings. The molecule has 2 aromatic carbocycles. The molecule has 0 bridgehead atoms. The lowest BCUT2D eigenvalue weighted by Gasteiger charge is -2.36. The smallest absolute Gasteiger partial charge is 0.408 e. The van der Waals surface area contributed by atoms with Crippen LogP contribution in [0.2, 0.25) is 0 Å². The minimum Gasteiger partial charge on any atom is -0.408 e. The van der Waals surface area contributed by atoms with E-state index in [1.54, 1.807) is 18.8 Å². The molecule has 1 N–H and O–H groups in total. The maximum atomic E-state index is 13.0. The molecule has 29 heavy (non-hydrogen) atoms. The number of aromatic nitrogens is 1. The van der Waals surface area contributed by atoms with Crippen LogP contribution in [0.15, 0.2) is 67.5 Å². The molecule has 0 unspecified atom stereocenters. The van der Waals surface area contributed by atoms with Crippen molar-refractivity contribution in [3.8, 4) is 0 Å². The molecular weight excluding hydrogens is 412 g/mol. The van der Waals surface area contributed by atoms with Crippen LogP contribution in [0.4, 0.5) is 0 Å². The lowest BCUT2D eigenvalue weighted by molar-refractivity contribution is 0.0784. The highest BCUT2D eigenvalue weighted by Crippen LogP contribution is 2.40. The Morgan fingerprint density at radius 3 is 2.59 bits per heavy atom. The summed E-state index contributed by atoms with van der Waals surface area (Å²) < 4.78 is 40.3. The van der Waals surface area contributed by atoms with Crippen molar-refractivity contribution in [2.75, 3.05) is 19.8 Å². The number of oxazole rings is 1. The fourth-order valence-electron chi connectivity index (χ4n) is 3.38. The number of rotatable bonds is 6. The molecule has 0 radical (unpaired) electrons. The number of sulfonamides is 1. The van der Waals surface area contributed by atoms with Crippen molar-refractivity contribution >= 4 is 32.9 Å². The van der Waals surface area contributed by atoms with Gasteiger partial charge in [0.15, 0.2) is 5.58 Å². The molecular formula is C20H22N2O5S2. The largest absolute Gasteiger partial charge is 0.419 e. The van der Waals surface area contributed by atoms with E-state index in [2.05, 4.69) is 4.72 Å². The first-order chi connectivity index (χ1) is 13.9. The number of nitrogens with zero attached hydrogens (tertiary/aromatic N) is 1. The molecule has 1 fully saturated rings. The SMILES string of the molecule is Cn1c(=O)oc2ccc(S(=O)(=O)NCC3(Sc4ccccc4)CCOCC3)cc21. The first-order valence-corrected chi connectivity index (χ1v) is 11.6. The van der Waals surface area contributed by atoms with Crippen LogP contribution in [0.1, 0.15) is 12.8 Å². The third kappa shape index (κ3) is 4.28. The molecule has 154 valence electrons. The zero-order chi connectivity index (χ0) is 20.5. The minimum absolute atomic E-state index is 0.105. The highest BCUT2D eigenvalue weighted by molar-refractivity contribution is 8.00. The molecule has 1 aliphatic heterocycles. The first-order valence-electron chi connectivity index (χ1n) is 9.30. The fourth-order valence-corrected chi connectivity index (χ4v) is 5.93. The topological polar surface area (TPSA) is 90.5 Å². The summed E-state index contributed by atoms with van der Waals surface area (Å²) in [6.07, 6.45) is 1.51. The fraction of sp³-hybridized carbons (Fsp3) is 0.350. The zero-order valence-corrected chi connectivity index (χ0v) is 17.6. The van der Waals surface area contributed by atoms with Crippen LogP contribution in [0.5, 0.6) is 0 Å². The van der Waals surface area contributed by atoms with Crippen molar-refractivity contribution in [3.05, 3.63) is 59.1 Å². The van der Waals surface area contributed by atoms with E-state index in [9.17, 15) is 13.2 Å². The highest BCUT2D eigenvalue weighted by atomic mass is 32.2. The third-order valence-electron chi connectivity index (χ3n) is 5.14. The molecule has 9 heteroatoms. The van der Waals surface area contributed by atoms with Gasteiger partial charge in [-0.1, -0.05) is 18.2 Å². The van der Waals surface area contributed by atoms with Gasteiger partial charge in [-0.15, -0.1) is 11.8 Å². The van der Waals surface area contributed by atoms with Gasteiger partial charge in [-0.2, -0.15) is 0 Å². The summed E-state index contributed by atoms with van der Waals surface area (Å²) in [5.74, 6) is -0.525. The van der Waals surface area contributed by atoms with Gasteiger partial charge >= 0.3 is 5.76 Å². The number of hydrogen-bond donors (Lipinski definition) is 1. The van der Waals surface area contributed by atoms with Gasteiger partial charge in [-0.3, -0.25) is 4.57 Å². The zero-order valence-electron chi connectivity index (χ0n) is 16.0. The van der Waals surface area contributed by atoms with E-state index in [1.165, 1.54) is 22.8 Å². The maximum Gasteiger partial charge on any atom is 0.419 e. The van der Waals surface area contributed by atoms with E-state index in [0.717, 1.165) is 17.7 Å². The van der Waals surface area contributed by atoms with Crippen LogP contribution < -0.4 is 10.5 Å². The molecule has 0 amide bonds. The van der Waals surface area contributed by atoms with E-state index in [0.29, 0.717) is 30.9 Å². The van der Waals surface area contributed by atoms with E-state index in [4.69, 9.17) is 9.15 Å². The molecule has 0 atom stereocenters. The molecule has 1 aromatic heterocycles. The average molecular weight is 435 g/mol. The number of nitrogens with one attached hydrogen (secondary N) is 1. The highest BCUT2D eigenvalue weighted by Gasteiger charge is 2.35. The Balaban J connectivity index is 1.57. The predicted octanol–water partition coefficient (Wildman–Crippen LogP) is 2.75. The second-order valence-electron chi connectivity index (χ2n) is 7.09. The van der Waals surface area contributed by atoms with Crippen molar-refractivity contribution in [2.45, 2.75) is 27.4 Å². The molecule has 0 aliphatic carbocycles. The van der Waals surface area contributed by atoms with Crippen LogP contribution in [0.3, 0.4) is 0 Å². The van der Waals surface area contributed by atoms with Crippen LogP contribution >= 0.6 is 11.8 Å². The Kier molecular flexibility index (Phi) is 5.56. The van der Waals surface area contributed by atoms with E-state index < -0.39 is 15.8 Å². The number of thioether (sulfide) groups is 1. The van der Waals surface area contributed by atoms with Crippen molar-refractivity contribution in [2.24, 2.45) is 7.05 Å². The van der Waals surface area contributed by atoms with E-state index >= 15 is 0 Å². The molecule has 0 spiro atoms. The number of benzene rings is 2. The summed E-state index contributed by atoms with van der Waals surface area (Å²) in [7, 11) is -2.20. The second-order valence-corrected chi connectivity index (χ2v) is 10.4. The molecule has 7 nitrogen and oxygen atoms in total. The van der Waals surface area contributed by atoms with Crippen LogP contribution in [0.25, 0.3) is 11.1 Å². The Bertz CT molecular complexity index is 1160. The summed E-state index contributed by atoms with van der Waals surface area (Å²) in [6.45, 7) is 1.50. The summed E-state index contributed by atoms with van der Waals surface area (Å²) >= 11 is 1.69. The Hall–Kier alpha value is -2.07. The third-order valence-corrected chi connectivity index (χ3v) is 8.03. The quantitative estimate of drug-likeness (QED) is 0.642. The van der Waals surface area contributed by atoms with Gasteiger partial charge in [0.2, 0.25) is 10.0 Å². The van der Waals surface area contributed by atoms with Crippen molar-refractivity contribution < 1.29 is 17.6 Å². The van der Waals surface area contributed by atoms with Gasteiger partial charge in [0, 0.05) is 36.4 Å². The summed E-state index contributed by atoms with van der Waals surface area (Å²) in [6, 6.07) is 14.4. The average Bonchev–Trinajstić information content (AvgIpc) is 3.01. The van der Waals surface area contributed by atoms with Gasteiger partial charge < -0.3 is 9.15 Å². The normalized spacial score (nSPS) is 16.9. The van der Waals surface area contributed by atoms with Crippen LogP contribution in [-0.2, 0) is 21.8 Å². The lowest BCUT2D eigenvalue weighted by Crippen LogP contribution is -2.44. The Labute approximate surface area is 173 Å². The first kappa shape index (κ1) is 20.2. The van der Waals surface area contributed by atoms with Gasteiger partial charge in [0.05, 0.1) is 10.4 Å². The van der Waals surface area contributed by atoms with Gasteiger partial charge in [-0.25, -0.2) is 17.9 Å². The number of aryl methyl sites for hydroxylation is 1. The molecule has 0 saturated carbocycles. The van der Waals surface area contributed by atoms with Crippen molar-refractivity contribution in [1.29, 1.82) is 0 Å². The second kappa shape index (κ2) is 7.98. The molecule has 2 heterocycles. The van der Waals surface area contributed by atoms with Gasteiger partial charge in [0.25, 0.3) is 0 Å². The molecule has 1 saturated heterocycles. The summed E-state index contributed by atoms with van der Waals surface area (Å²) in [5, 5.41) is 0. The molecule has 4 rings (SSSR count). The van der Waals surface area contributed by atoms with Crippen LogP contribution in [-0.4, -0.2) is 37.5 Å². The molecule has 1 aliphatic rings. The number of fused-ring (bicyclic) bond motifs is 1. The monoisotopic (exact) mass is 434 g/mol. The van der Waals surface area contributed by atoms with E-state index in [1.807, 2.05) is 30.3 Å². The van der Waals surface area contributed by atoms with Crippen LogP contribution in [0, 0.1) is 0 Å². The summed E-state index contributed by atoms with van der Waals surface area (Å²) in [4.78, 5) is 12.9. The maximum absolute atomic E-state index is 13.0. The number of hydrogen-bond acceptors (Lipinski definition) is 6. The Morgan fingerprint density at radius 1 is 1.14 bits per heavy atom. The standard InChI is InChI=1S/C20H22N2O5S2/c1-22-17-13-16(7-8-18(17)27-19(22)23)29(24,25)21-14-20(9-11-26-12-10-20)28-15-5-3-2-4-6-15/h2-8,13,21H,9-12,14H2,1H3. The minimum atomic E-state index is -3.75. The van der Waals surface area contributed by atoms with Gasteiger partial charge in [0.1, 0.15) is 0 Å². The van der Waals surface area contributed by atoms with E-state index in [-0.39, 0.29) is 9.64 Å². The lowest BCUT2D eigenvalue weighted by atomic mass is 9.99. The predicted molar refractivity (Wildman–Crippen MR) is 112 cm³/mol. The number of ether oxygens (including phenoxy) is 1. The summed E-state index contributed by atoms with van der Waals surface area (Å²) in [5.41, 5.74) is 0.800.